The molecule has 0 rings (SSSR count). The summed E-state index contributed by atoms with van der Waals surface area (Å²) in [5.41, 5.74) is 0. The SMILES string of the molecule is CCCNC(=O)CNCCN(C)C(C)CC. The molecule has 16 heavy (non-hydrogen) atoms. The maximum Gasteiger partial charge on any atom is 0.233 e. The van der Waals surface area contributed by atoms with Gasteiger partial charge in [0.25, 0.3) is 0 Å². The summed E-state index contributed by atoms with van der Waals surface area (Å²) in [4.78, 5) is 13.6. The second-order valence-electron chi connectivity index (χ2n) is 4.26. The van der Waals surface area contributed by atoms with Gasteiger partial charge in [-0.3, -0.25) is 4.79 Å². The molecule has 4 nitrogen and oxygen atoms in total. The van der Waals surface area contributed by atoms with Crippen molar-refractivity contribution in [2.75, 3.05) is 33.2 Å². The van der Waals surface area contributed by atoms with E-state index >= 15 is 0 Å². The summed E-state index contributed by atoms with van der Waals surface area (Å²) < 4.78 is 0. The third-order valence-corrected chi connectivity index (χ3v) is 2.84. The van der Waals surface area contributed by atoms with Crippen molar-refractivity contribution in [3.05, 3.63) is 0 Å². The van der Waals surface area contributed by atoms with Crippen LogP contribution in [0.1, 0.15) is 33.6 Å². The van der Waals surface area contributed by atoms with E-state index in [-0.39, 0.29) is 5.91 Å². The van der Waals surface area contributed by atoms with Crippen LogP contribution in [0.3, 0.4) is 0 Å². The normalized spacial score (nSPS) is 12.8. The number of hydrogen-bond donors (Lipinski definition) is 2. The summed E-state index contributed by atoms with van der Waals surface area (Å²) in [7, 11) is 2.12. The molecule has 0 fully saturated rings. The van der Waals surface area contributed by atoms with Gasteiger partial charge in [0.2, 0.25) is 5.91 Å². The van der Waals surface area contributed by atoms with Gasteiger partial charge in [-0.05, 0) is 26.8 Å². The summed E-state index contributed by atoms with van der Waals surface area (Å²) >= 11 is 0. The first-order chi connectivity index (χ1) is 7.61. The Morgan fingerprint density at radius 3 is 2.56 bits per heavy atom. The van der Waals surface area contributed by atoms with E-state index in [4.69, 9.17) is 0 Å². The molecule has 1 amide bonds. The number of nitrogens with zero attached hydrogens (tertiary/aromatic N) is 1. The molecule has 0 saturated heterocycles. The minimum atomic E-state index is 0.0908. The van der Waals surface area contributed by atoms with Gasteiger partial charge in [-0.1, -0.05) is 13.8 Å². The Hall–Kier alpha value is -0.610. The average molecular weight is 229 g/mol. The van der Waals surface area contributed by atoms with Gasteiger partial charge < -0.3 is 15.5 Å². The highest BCUT2D eigenvalue weighted by molar-refractivity contribution is 5.77. The summed E-state index contributed by atoms with van der Waals surface area (Å²) in [6.07, 6.45) is 2.15. The zero-order chi connectivity index (χ0) is 12.4. The topological polar surface area (TPSA) is 44.4 Å². The summed E-state index contributed by atoms with van der Waals surface area (Å²) in [6.45, 7) is 9.49. The largest absolute Gasteiger partial charge is 0.355 e. The van der Waals surface area contributed by atoms with Crippen LogP contribution >= 0.6 is 0 Å². The van der Waals surface area contributed by atoms with Gasteiger partial charge in [0.1, 0.15) is 0 Å². The van der Waals surface area contributed by atoms with Crippen LogP contribution in [0.4, 0.5) is 0 Å². The van der Waals surface area contributed by atoms with Crippen molar-refractivity contribution in [1.29, 1.82) is 0 Å². The van der Waals surface area contributed by atoms with Gasteiger partial charge in [-0.25, -0.2) is 0 Å². The van der Waals surface area contributed by atoms with Gasteiger partial charge in [0.05, 0.1) is 6.54 Å². The van der Waals surface area contributed by atoms with E-state index in [1.54, 1.807) is 0 Å². The quantitative estimate of drug-likeness (QED) is 0.576. The van der Waals surface area contributed by atoms with Crippen LogP contribution in [0.2, 0.25) is 0 Å². The fourth-order valence-corrected chi connectivity index (χ4v) is 1.32. The monoisotopic (exact) mass is 229 g/mol. The van der Waals surface area contributed by atoms with Crippen molar-refractivity contribution < 1.29 is 4.79 Å². The zero-order valence-corrected chi connectivity index (χ0v) is 11.2. The Labute approximate surface area is 99.8 Å². The van der Waals surface area contributed by atoms with Crippen LogP contribution < -0.4 is 10.6 Å². The first kappa shape index (κ1) is 15.4. The molecule has 2 N–H and O–H groups in total. The van der Waals surface area contributed by atoms with Crippen molar-refractivity contribution >= 4 is 5.91 Å². The fraction of sp³-hybridized carbons (Fsp3) is 0.917. The number of amides is 1. The Morgan fingerprint density at radius 1 is 1.31 bits per heavy atom. The maximum atomic E-state index is 11.2. The lowest BCUT2D eigenvalue weighted by atomic mass is 10.2. The lowest BCUT2D eigenvalue weighted by Crippen LogP contribution is -2.39. The summed E-state index contributed by atoms with van der Waals surface area (Å²) in [5.74, 6) is 0.0908. The van der Waals surface area contributed by atoms with Crippen molar-refractivity contribution in [2.45, 2.75) is 39.7 Å². The van der Waals surface area contributed by atoms with Crippen molar-refractivity contribution in [3.8, 4) is 0 Å². The molecular formula is C12H27N3O. The number of carbonyl (C=O) groups excluding carboxylic acids is 1. The van der Waals surface area contributed by atoms with Crippen LogP contribution in [0.5, 0.6) is 0 Å². The van der Waals surface area contributed by atoms with Crippen molar-refractivity contribution in [2.24, 2.45) is 0 Å². The van der Waals surface area contributed by atoms with E-state index in [1.807, 2.05) is 0 Å². The summed E-state index contributed by atoms with van der Waals surface area (Å²) in [6, 6.07) is 0.607. The lowest BCUT2D eigenvalue weighted by molar-refractivity contribution is -0.120. The second kappa shape index (κ2) is 9.60. The number of hydrogen-bond acceptors (Lipinski definition) is 3. The van der Waals surface area contributed by atoms with E-state index in [1.165, 1.54) is 0 Å². The Balaban J connectivity index is 3.42. The highest BCUT2D eigenvalue weighted by Gasteiger charge is 2.05. The van der Waals surface area contributed by atoms with Crippen molar-refractivity contribution in [1.82, 2.24) is 15.5 Å². The highest BCUT2D eigenvalue weighted by atomic mass is 16.1. The first-order valence-corrected chi connectivity index (χ1v) is 6.29. The Kier molecular flexibility index (Phi) is 9.24. The standard InChI is InChI=1S/C12H27N3O/c1-5-7-14-12(16)10-13-8-9-15(4)11(3)6-2/h11,13H,5-10H2,1-4H3,(H,14,16). The van der Waals surface area contributed by atoms with Gasteiger partial charge in [-0.2, -0.15) is 0 Å². The van der Waals surface area contributed by atoms with Gasteiger partial charge in [-0.15, -0.1) is 0 Å². The molecule has 0 bridgehead atoms. The Morgan fingerprint density at radius 2 is 2.00 bits per heavy atom. The van der Waals surface area contributed by atoms with Crippen LogP contribution in [-0.2, 0) is 4.79 Å². The van der Waals surface area contributed by atoms with Crippen molar-refractivity contribution in [3.63, 3.8) is 0 Å². The molecule has 1 unspecified atom stereocenters. The van der Waals surface area contributed by atoms with E-state index in [0.717, 1.165) is 32.5 Å². The summed E-state index contributed by atoms with van der Waals surface area (Å²) in [5, 5.41) is 5.99. The molecule has 0 aromatic heterocycles. The highest BCUT2D eigenvalue weighted by Crippen LogP contribution is 1.97. The second-order valence-corrected chi connectivity index (χ2v) is 4.26. The molecule has 0 aromatic rings. The molecule has 0 heterocycles. The number of rotatable bonds is 9. The average Bonchev–Trinajstić information content (AvgIpc) is 2.30. The van der Waals surface area contributed by atoms with Crippen LogP contribution in [-0.4, -0.2) is 50.1 Å². The molecule has 4 heteroatoms. The number of carbonyl (C=O) groups is 1. The predicted molar refractivity (Wildman–Crippen MR) is 68.6 cm³/mol. The van der Waals surface area contributed by atoms with E-state index in [9.17, 15) is 4.79 Å². The number of likely N-dealkylation sites (N-methyl/N-ethyl adjacent to an activating group) is 1. The van der Waals surface area contributed by atoms with Gasteiger partial charge >= 0.3 is 0 Å². The van der Waals surface area contributed by atoms with Crippen LogP contribution in [0, 0.1) is 0 Å². The molecular weight excluding hydrogens is 202 g/mol. The fourth-order valence-electron chi connectivity index (χ4n) is 1.32. The molecule has 96 valence electrons. The van der Waals surface area contributed by atoms with Gasteiger partial charge in [0.15, 0.2) is 0 Å². The van der Waals surface area contributed by atoms with E-state index < -0.39 is 0 Å². The molecule has 1 atom stereocenters. The molecule has 0 saturated carbocycles. The zero-order valence-electron chi connectivity index (χ0n) is 11.2. The minimum Gasteiger partial charge on any atom is -0.355 e. The number of nitrogens with one attached hydrogen (secondary N) is 2. The van der Waals surface area contributed by atoms with E-state index in [0.29, 0.717) is 12.6 Å². The Bertz CT molecular complexity index is 185. The molecule has 0 aliphatic carbocycles. The maximum absolute atomic E-state index is 11.2. The third-order valence-electron chi connectivity index (χ3n) is 2.84. The predicted octanol–water partition coefficient (Wildman–Crippen LogP) is 0.833. The molecule has 0 radical (unpaired) electrons. The van der Waals surface area contributed by atoms with Crippen LogP contribution in [0.25, 0.3) is 0 Å². The van der Waals surface area contributed by atoms with E-state index in [2.05, 4.69) is 43.4 Å². The van der Waals surface area contributed by atoms with Crippen LogP contribution in [0.15, 0.2) is 0 Å². The molecule has 0 spiro atoms. The van der Waals surface area contributed by atoms with Gasteiger partial charge in [0, 0.05) is 25.7 Å². The minimum absolute atomic E-state index is 0.0908. The molecule has 0 aliphatic rings. The lowest BCUT2D eigenvalue weighted by Gasteiger charge is -2.23. The smallest absolute Gasteiger partial charge is 0.233 e. The third kappa shape index (κ3) is 7.65. The molecule has 0 aliphatic heterocycles. The molecule has 0 aromatic carbocycles. The first-order valence-electron chi connectivity index (χ1n) is 6.29.